The zero-order valence-electron chi connectivity index (χ0n) is 14.6. The molecule has 0 saturated heterocycles. The summed E-state index contributed by atoms with van der Waals surface area (Å²) in [7, 11) is 3.04. The van der Waals surface area contributed by atoms with Gasteiger partial charge in [-0.1, -0.05) is 6.07 Å². The number of anilines is 1. The number of amides is 1. The third-order valence-electron chi connectivity index (χ3n) is 3.55. The lowest BCUT2D eigenvalue weighted by Gasteiger charge is -2.10. The molecule has 6 nitrogen and oxygen atoms in total. The third-order valence-corrected chi connectivity index (χ3v) is 5.45. The van der Waals surface area contributed by atoms with Crippen LogP contribution < -0.4 is 14.8 Å². The highest BCUT2D eigenvalue weighted by molar-refractivity contribution is 7.20. The lowest BCUT2D eigenvalue weighted by atomic mass is 10.2. The molecule has 0 aliphatic carbocycles. The van der Waals surface area contributed by atoms with Gasteiger partial charge in [-0.25, -0.2) is 4.98 Å². The van der Waals surface area contributed by atoms with Crippen molar-refractivity contribution in [2.24, 2.45) is 0 Å². The van der Waals surface area contributed by atoms with Crippen LogP contribution in [-0.4, -0.2) is 25.1 Å². The van der Waals surface area contributed by atoms with E-state index in [4.69, 9.17) is 9.47 Å². The number of nitriles is 1. The zero-order chi connectivity index (χ0) is 19.2. The molecule has 2 aromatic heterocycles. The highest BCUT2D eigenvalue weighted by Gasteiger charge is 2.13. The second-order valence-corrected chi connectivity index (χ2v) is 7.05. The molecule has 1 aromatic carbocycles. The summed E-state index contributed by atoms with van der Waals surface area (Å²) in [4.78, 5) is 18.0. The molecule has 27 heavy (non-hydrogen) atoms. The van der Waals surface area contributed by atoms with Crippen molar-refractivity contribution in [1.29, 1.82) is 5.26 Å². The van der Waals surface area contributed by atoms with E-state index in [-0.39, 0.29) is 5.57 Å². The molecule has 0 saturated carbocycles. The van der Waals surface area contributed by atoms with Gasteiger partial charge in [-0.3, -0.25) is 4.79 Å². The maximum atomic E-state index is 12.4. The molecule has 136 valence electrons. The predicted molar refractivity (Wildman–Crippen MR) is 107 cm³/mol. The van der Waals surface area contributed by atoms with E-state index in [1.807, 2.05) is 29.0 Å². The predicted octanol–water partition coefficient (Wildman–Crippen LogP) is 4.43. The number of rotatable bonds is 6. The van der Waals surface area contributed by atoms with Crippen LogP contribution in [0.2, 0.25) is 0 Å². The minimum absolute atomic E-state index is 0.0344. The van der Waals surface area contributed by atoms with Crippen LogP contribution in [0.15, 0.2) is 46.7 Å². The molecule has 3 rings (SSSR count). The Morgan fingerprint density at radius 2 is 2.04 bits per heavy atom. The van der Waals surface area contributed by atoms with Crippen LogP contribution in [0.25, 0.3) is 16.0 Å². The Labute approximate surface area is 164 Å². The van der Waals surface area contributed by atoms with Gasteiger partial charge in [0, 0.05) is 17.1 Å². The minimum Gasteiger partial charge on any atom is -0.493 e. The summed E-state index contributed by atoms with van der Waals surface area (Å²) >= 11 is 3.06. The van der Waals surface area contributed by atoms with Gasteiger partial charge >= 0.3 is 0 Å². The summed E-state index contributed by atoms with van der Waals surface area (Å²) in [5, 5.41) is 16.7. The van der Waals surface area contributed by atoms with Crippen molar-refractivity contribution < 1.29 is 14.3 Å². The standard InChI is InChI=1S/C19H15N3O3S2/c1-24-15-6-5-13(9-16(15)25-2)21-18(23)12(10-20)8-14-11-27-19(22-14)17-4-3-7-26-17/h3-9,11H,1-2H3,(H,21,23). The number of benzene rings is 1. The Bertz CT molecular complexity index is 1020. The van der Waals surface area contributed by atoms with Gasteiger partial charge in [-0.15, -0.1) is 22.7 Å². The summed E-state index contributed by atoms with van der Waals surface area (Å²) < 4.78 is 10.4. The number of aromatic nitrogens is 1. The lowest BCUT2D eigenvalue weighted by Crippen LogP contribution is -2.13. The quantitative estimate of drug-likeness (QED) is 0.491. The number of hydrogen-bond acceptors (Lipinski definition) is 7. The number of methoxy groups -OCH3 is 2. The normalized spacial score (nSPS) is 10.9. The number of carbonyl (C=O) groups excluding carboxylic acids is 1. The average Bonchev–Trinajstić information content (AvgIpc) is 3.37. The molecule has 0 spiro atoms. The maximum absolute atomic E-state index is 12.4. The van der Waals surface area contributed by atoms with Gasteiger partial charge in [0.1, 0.15) is 16.6 Å². The first kappa shape index (κ1) is 18.6. The largest absolute Gasteiger partial charge is 0.493 e. The van der Waals surface area contributed by atoms with Crippen LogP contribution in [0.4, 0.5) is 5.69 Å². The highest BCUT2D eigenvalue weighted by Crippen LogP contribution is 2.30. The van der Waals surface area contributed by atoms with Crippen molar-refractivity contribution in [3.05, 3.63) is 52.4 Å². The van der Waals surface area contributed by atoms with Crippen LogP contribution in [0, 0.1) is 11.3 Å². The van der Waals surface area contributed by atoms with Gasteiger partial charge in [0.15, 0.2) is 11.5 Å². The van der Waals surface area contributed by atoms with Gasteiger partial charge in [-0.05, 0) is 29.7 Å². The highest BCUT2D eigenvalue weighted by atomic mass is 32.1. The minimum atomic E-state index is -0.518. The Morgan fingerprint density at radius 1 is 1.22 bits per heavy atom. The molecular formula is C19H15N3O3S2. The summed E-state index contributed by atoms with van der Waals surface area (Å²) in [6.07, 6.45) is 1.48. The van der Waals surface area contributed by atoms with E-state index < -0.39 is 5.91 Å². The fourth-order valence-electron chi connectivity index (χ4n) is 2.27. The van der Waals surface area contributed by atoms with E-state index in [2.05, 4.69) is 10.3 Å². The van der Waals surface area contributed by atoms with Gasteiger partial charge in [-0.2, -0.15) is 5.26 Å². The maximum Gasteiger partial charge on any atom is 0.266 e. The molecule has 0 fully saturated rings. The Kier molecular flexibility index (Phi) is 5.86. The van der Waals surface area contributed by atoms with Crippen molar-refractivity contribution in [3.8, 4) is 27.5 Å². The van der Waals surface area contributed by atoms with E-state index in [0.29, 0.717) is 22.9 Å². The second kappa shape index (κ2) is 8.49. The van der Waals surface area contributed by atoms with Crippen molar-refractivity contribution in [1.82, 2.24) is 4.98 Å². The zero-order valence-corrected chi connectivity index (χ0v) is 16.2. The molecule has 8 heteroatoms. The summed E-state index contributed by atoms with van der Waals surface area (Å²) in [5.74, 6) is 0.517. The van der Waals surface area contributed by atoms with Crippen molar-refractivity contribution in [2.45, 2.75) is 0 Å². The Morgan fingerprint density at radius 3 is 2.70 bits per heavy atom. The molecule has 0 aliphatic rings. The van der Waals surface area contributed by atoms with E-state index >= 15 is 0 Å². The van der Waals surface area contributed by atoms with E-state index in [1.165, 1.54) is 31.6 Å². The van der Waals surface area contributed by atoms with Crippen molar-refractivity contribution >= 4 is 40.3 Å². The molecule has 0 aliphatic heterocycles. The molecule has 0 bridgehead atoms. The Balaban J connectivity index is 1.78. The van der Waals surface area contributed by atoms with E-state index in [9.17, 15) is 10.1 Å². The number of thiophene rings is 1. The SMILES string of the molecule is COc1ccc(NC(=O)C(C#N)=Cc2csc(-c3cccs3)n2)cc1OC. The molecule has 0 atom stereocenters. The fourth-order valence-corrected chi connectivity index (χ4v) is 3.87. The summed E-state index contributed by atoms with van der Waals surface area (Å²) in [6, 6.07) is 10.8. The Hall–Kier alpha value is -3.15. The van der Waals surface area contributed by atoms with Crippen LogP contribution in [-0.2, 0) is 4.79 Å². The molecule has 0 radical (unpaired) electrons. The first-order valence-electron chi connectivity index (χ1n) is 7.79. The van der Waals surface area contributed by atoms with Crippen LogP contribution in [0.5, 0.6) is 11.5 Å². The smallest absolute Gasteiger partial charge is 0.266 e. The van der Waals surface area contributed by atoms with Crippen molar-refractivity contribution in [2.75, 3.05) is 19.5 Å². The monoisotopic (exact) mass is 397 g/mol. The molecule has 1 amide bonds. The first-order valence-corrected chi connectivity index (χ1v) is 9.55. The number of thiazole rings is 1. The second-order valence-electron chi connectivity index (χ2n) is 5.25. The van der Waals surface area contributed by atoms with E-state index in [1.54, 1.807) is 29.5 Å². The van der Waals surface area contributed by atoms with Gasteiger partial charge in [0.25, 0.3) is 5.91 Å². The first-order chi connectivity index (χ1) is 13.1. The van der Waals surface area contributed by atoms with Gasteiger partial charge in [0.05, 0.1) is 24.8 Å². The van der Waals surface area contributed by atoms with Gasteiger partial charge < -0.3 is 14.8 Å². The van der Waals surface area contributed by atoms with Crippen LogP contribution in [0.3, 0.4) is 0 Å². The number of nitrogens with one attached hydrogen (secondary N) is 1. The van der Waals surface area contributed by atoms with E-state index in [0.717, 1.165) is 9.88 Å². The topological polar surface area (TPSA) is 84.2 Å². The van der Waals surface area contributed by atoms with Crippen LogP contribution >= 0.6 is 22.7 Å². The molecule has 2 heterocycles. The summed E-state index contributed by atoms with van der Waals surface area (Å²) in [6.45, 7) is 0. The average molecular weight is 397 g/mol. The third kappa shape index (κ3) is 4.34. The number of nitrogens with zero attached hydrogens (tertiary/aromatic N) is 2. The lowest BCUT2D eigenvalue weighted by molar-refractivity contribution is -0.112. The van der Waals surface area contributed by atoms with Gasteiger partial charge in [0.2, 0.25) is 0 Å². The molecule has 1 N–H and O–H groups in total. The summed E-state index contributed by atoms with van der Waals surface area (Å²) in [5.41, 5.74) is 1.03. The molecule has 3 aromatic rings. The number of hydrogen-bond donors (Lipinski definition) is 1. The number of carbonyl (C=O) groups is 1. The fraction of sp³-hybridized carbons (Fsp3) is 0.105. The van der Waals surface area contributed by atoms with Crippen LogP contribution in [0.1, 0.15) is 5.69 Å². The molecular weight excluding hydrogens is 382 g/mol. The van der Waals surface area contributed by atoms with Crippen molar-refractivity contribution in [3.63, 3.8) is 0 Å². The molecule has 0 unspecified atom stereocenters. The number of ether oxygens (including phenoxy) is 2.